The molecule has 0 aliphatic heterocycles. The normalized spacial score (nSPS) is 10.6. The molecule has 60 valence electrons. The lowest BCUT2D eigenvalue weighted by molar-refractivity contribution is -0.402. The van der Waals surface area contributed by atoms with Gasteiger partial charge >= 0.3 is 0 Å². The van der Waals surface area contributed by atoms with E-state index in [9.17, 15) is 10.1 Å². The number of nitrogens with zero attached hydrogens (tertiary/aromatic N) is 1. The number of rotatable bonds is 4. The van der Waals surface area contributed by atoms with Gasteiger partial charge in [0.1, 0.15) is 0 Å². The highest BCUT2D eigenvalue weighted by molar-refractivity contribution is 6.01. The predicted octanol–water partition coefficient (Wildman–Crippen LogP) is 0.530. The summed E-state index contributed by atoms with van der Waals surface area (Å²) in [6.07, 6.45) is 4.77. The van der Waals surface area contributed by atoms with Crippen molar-refractivity contribution in [2.24, 2.45) is 0 Å². The Bertz CT molecular complexity index is 208. The first-order chi connectivity index (χ1) is 5.16. The third kappa shape index (κ3) is 6.23. The molecule has 0 saturated carbocycles. The molecule has 0 rings (SSSR count). The summed E-state index contributed by atoms with van der Waals surface area (Å²) in [6.45, 7) is 0. The van der Waals surface area contributed by atoms with E-state index in [0.29, 0.717) is 0 Å². The van der Waals surface area contributed by atoms with Crippen molar-refractivity contribution < 1.29 is 4.92 Å². The van der Waals surface area contributed by atoms with Crippen molar-refractivity contribution in [1.82, 2.24) is 5.32 Å². The molecule has 0 spiro atoms. The third-order valence-electron chi connectivity index (χ3n) is 0.805. The predicted molar refractivity (Wildman–Crippen MR) is 42.1 cm³/mol. The van der Waals surface area contributed by atoms with Gasteiger partial charge in [-0.05, 0) is 12.3 Å². The molecule has 0 aromatic heterocycles. The summed E-state index contributed by atoms with van der Waals surface area (Å²) in [7, 11) is 1.68. The zero-order valence-electron chi connectivity index (χ0n) is 6.07. The quantitative estimate of drug-likeness (QED) is 0.353. The summed E-state index contributed by atoms with van der Waals surface area (Å²) in [5.74, 6) is 0. The molecule has 11 heavy (non-hydrogen) atoms. The van der Waals surface area contributed by atoms with E-state index in [4.69, 9.17) is 5.41 Å². The van der Waals surface area contributed by atoms with Gasteiger partial charge in [-0.1, -0.05) is 0 Å². The Kier molecular flexibility index (Phi) is 4.39. The number of allylic oxidation sites excluding steroid dienone is 2. The summed E-state index contributed by atoms with van der Waals surface area (Å²) >= 11 is 0. The molecule has 0 fully saturated rings. The van der Waals surface area contributed by atoms with E-state index in [1.807, 2.05) is 0 Å². The standard InChI is InChI=1S/C6H9N3O2/c1-8-4-2-6(7)3-5-9(10)11/h2-5,7-8H,1H3/b4-2-,5-3+,7-6?. The third-order valence-corrected chi connectivity index (χ3v) is 0.805. The summed E-state index contributed by atoms with van der Waals surface area (Å²) in [5.41, 5.74) is 0.0797. The molecule has 0 aromatic rings. The molecule has 5 heteroatoms. The fraction of sp³-hybridized carbons (Fsp3) is 0.167. The van der Waals surface area contributed by atoms with Gasteiger partial charge in [0.2, 0.25) is 6.20 Å². The van der Waals surface area contributed by atoms with Gasteiger partial charge < -0.3 is 10.7 Å². The van der Waals surface area contributed by atoms with Crippen LogP contribution in [-0.4, -0.2) is 17.7 Å². The lowest BCUT2D eigenvalue weighted by atomic mass is 10.3. The first-order valence-corrected chi connectivity index (χ1v) is 2.91. The maximum atomic E-state index is 9.76. The number of hydrogen-bond donors (Lipinski definition) is 2. The molecule has 0 unspecified atom stereocenters. The SMILES string of the molecule is CN/C=C\C(=N)/C=C/[N+](=O)[O-]. The van der Waals surface area contributed by atoms with Crippen LogP contribution >= 0.6 is 0 Å². The van der Waals surface area contributed by atoms with E-state index in [2.05, 4.69) is 5.32 Å². The van der Waals surface area contributed by atoms with Crippen LogP contribution < -0.4 is 5.32 Å². The molecule has 0 aliphatic rings. The molecule has 0 bridgehead atoms. The molecular weight excluding hydrogens is 146 g/mol. The second-order valence-electron chi connectivity index (χ2n) is 1.68. The highest BCUT2D eigenvalue weighted by Crippen LogP contribution is 1.80. The fourth-order valence-electron chi connectivity index (χ4n) is 0.370. The Balaban J connectivity index is 3.87. The molecule has 0 radical (unpaired) electrons. The van der Waals surface area contributed by atoms with Gasteiger partial charge in [-0.3, -0.25) is 10.1 Å². The van der Waals surface area contributed by atoms with Crippen LogP contribution in [-0.2, 0) is 0 Å². The number of nitro groups is 1. The van der Waals surface area contributed by atoms with Gasteiger partial charge in [0.15, 0.2) is 0 Å². The van der Waals surface area contributed by atoms with Gasteiger partial charge in [0.25, 0.3) is 0 Å². The van der Waals surface area contributed by atoms with E-state index in [0.717, 1.165) is 12.3 Å². The molecule has 0 amide bonds. The van der Waals surface area contributed by atoms with Crippen molar-refractivity contribution in [1.29, 1.82) is 5.41 Å². The maximum absolute atomic E-state index is 9.76. The number of hydrogen-bond acceptors (Lipinski definition) is 4. The smallest absolute Gasteiger partial charge is 0.236 e. The van der Waals surface area contributed by atoms with Crippen LogP contribution in [0.1, 0.15) is 0 Å². The molecule has 5 nitrogen and oxygen atoms in total. The van der Waals surface area contributed by atoms with Crippen molar-refractivity contribution >= 4 is 5.71 Å². The van der Waals surface area contributed by atoms with E-state index >= 15 is 0 Å². The van der Waals surface area contributed by atoms with Crippen LogP contribution in [0.25, 0.3) is 0 Å². The summed E-state index contributed by atoms with van der Waals surface area (Å²) in [4.78, 5) is 9.15. The first-order valence-electron chi connectivity index (χ1n) is 2.91. The van der Waals surface area contributed by atoms with Crippen LogP contribution in [0.4, 0.5) is 0 Å². The Labute approximate surface area is 64.1 Å². The second-order valence-corrected chi connectivity index (χ2v) is 1.68. The largest absolute Gasteiger partial charge is 0.394 e. The van der Waals surface area contributed by atoms with Crippen molar-refractivity contribution in [2.75, 3.05) is 7.05 Å². The first kappa shape index (κ1) is 9.35. The molecule has 0 saturated heterocycles. The average molecular weight is 155 g/mol. The van der Waals surface area contributed by atoms with E-state index in [-0.39, 0.29) is 5.71 Å². The monoisotopic (exact) mass is 155 g/mol. The van der Waals surface area contributed by atoms with Gasteiger partial charge in [0, 0.05) is 13.1 Å². The van der Waals surface area contributed by atoms with Gasteiger partial charge in [-0.15, -0.1) is 0 Å². The Morgan fingerprint density at radius 1 is 1.64 bits per heavy atom. The molecule has 2 N–H and O–H groups in total. The van der Waals surface area contributed by atoms with Gasteiger partial charge in [0.05, 0.1) is 10.6 Å². The van der Waals surface area contributed by atoms with Crippen LogP contribution in [0.15, 0.2) is 24.6 Å². The van der Waals surface area contributed by atoms with Crippen LogP contribution in [0.2, 0.25) is 0 Å². The van der Waals surface area contributed by atoms with E-state index in [1.54, 1.807) is 7.05 Å². The highest BCUT2D eigenvalue weighted by atomic mass is 16.6. The molecule has 0 atom stereocenters. The highest BCUT2D eigenvalue weighted by Gasteiger charge is 1.86. The lowest BCUT2D eigenvalue weighted by Crippen LogP contribution is -1.95. The van der Waals surface area contributed by atoms with Gasteiger partial charge in [-0.25, -0.2) is 0 Å². The van der Waals surface area contributed by atoms with E-state index < -0.39 is 4.92 Å². The van der Waals surface area contributed by atoms with Crippen LogP contribution in [0.5, 0.6) is 0 Å². The molecule has 0 aliphatic carbocycles. The summed E-state index contributed by atoms with van der Waals surface area (Å²) in [6, 6.07) is 0. The summed E-state index contributed by atoms with van der Waals surface area (Å²) in [5, 5.41) is 19.5. The summed E-state index contributed by atoms with van der Waals surface area (Å²) < 4.78 is 0. The minimum atomic E-state index is -0.609. The second kappa shape index (κ2) is 5.16. The van der Waals surface area contributed by atoms with Crippen molar-refractivity contribution in [2.45, 2.75) is 0 Å². The topological polar surface area (TPSA) is 79.0 Å². The Morgan fingerprint density at radius 2 is 2.27 bits per heavy atom. The zero-order chi connectivity index (χ0) is 8.69. The minimum Gasteiger partial charge on any atom is -0.394 e. The number of nitrogens with one attached hydrogen (secondary N) is 2. The Morgan fingerprint density at radius 3 is 2.73 bits per heavy atom. The molecule has 0 heterocycles. The van der Waals surface area contributed by atoms with Gasteiger partial charge in [-0.2, -0.15) is 0 Å². The van der Waals surface area contributed by atoms with Crippen LogP contribution in [0.3, 0.4) is 0 Å². The van der Waals surface area contributed by atoms with Crippen molar-refractivity contribution in [3.8, 4) is 0 Å². The van der Waals surface area contributed by atoms with E-state index in [1.165, 1.54) is 12.3 Å². The minimum absolute atomic E-state index is 0.0797. The fourth-order valence-corrected chi connectivity index (χ4v) is 0.370. The zero-order valence-corrected chi connectivity index (χ0v) is 6.07. The van der Waals surface area contributed by atoms with Crippen molar-refractivity contribution in [3.63, 3.8) is 0 Å². The molecular formula is C6H9N3O2. The molecule has 0 aromatic carbocycles. The van der Waals surface area contributed by atoms with Crippen LogP contribution in [0, 0.1) is 15.5 Å². The average Bonchev–Trinajstić information content (AvgIpc) is 1.97. The maximum Gasteiger partial charge on any atom is 0.236 e. The Hall–Kier alpha value is -1.65. The van der Waals surface area contributed by atoms with Crippen molar-refractivity contribution in [3.05, 3.63) is 34.7 Å². The lowest BCUT2D eigenvalue weighted by Gasteiger charge is -1.84.